The lowest BCUT2D eigenvalue weighted by Crippen LogP contribution is -2.28. The largest absolute Gasteiger partial charge is 0.478 e. The molecule has 0 aliphatic carbocycles. The monoisotopic (exact) mass is 296 g/mol. The van der Waals surface area contributed by atoms with Gasteiger partial charge >= 0.3 is 5.97 Å². The number of carbonyl (C=O) groups is 1. The Morgan fingerprint density at radius 2 is 2.15 bits per heavy atom. The van der Waals surface area contributed by atoms with Crippen LogP contribution in [0.15, 0.2) is 18.2 Å². The number of carboxylic acids is 1. The molecule has 4 nitrogen and oxygen atoms in total. The Hall–Kier alpha value is -1.26. The molecule has 0 amide bonds. The Bertz CT molecular complexity index is 473. The molecule has 2 rings (SSSR count). The van der Waals surface area contributed by atoms with Crippen LogP contribution in [0.3, 0.4) is 0 Å². The molecule has 20 heavy (non-hydrogen) atoms. The maximum absolute atomic E-state index is 10.8. The zero-order chi connectivity index (χ0) is 14.5. The summed E-state index contributed by atoms with van der Waals surface area (Å²) in [6, 6.07) is 4.79. The first-order chi connectivity index (χ1) is 9.56. The predicted molar refractivity (Wildman–Crippen MR) is 81.7 cm³/mol. The number of anilines is 1. The van der Waals surface area contributed by atoms with Crippen molar-refractivity contribution in [2.75, 3.05) is 31.5 Å². The molecular weight excluding hydrogens is 276 g/mol. The van der Waals surface area contributed by atoms with Crippen LogP contribution in [-0.2, 0) is 0 Å². The quantitative estimate of drug-likeness (QED) is 0.846. The van der Waals surface area contributed by atoms with Crippen LogP contribution in [0.2, 0.25) is 5.02 Å². The lowest BCUT2D eigenvalue weighted by molar-refractivity contribution is 0.0697. The summed E-state index contributed by atoms with van der Waals surface area (Å²) in [5.74, 6) is -0.427. The first-order valence-electron chi connectivity index (χ1n) is 7.05. The normalized spacial score (nSPS) is 17.1. The second kappa shape index (κ2) is 6.95. The summed E-state index contributed by atoms with van der Waals surface area (Å²) in [6.45, 7) is 6.56. The van der Waals surface area contributed by atoms with Crippen LogP contribution in [0, 0.1) is 5.92 Å². The molecule has 0 radical (unpaired) electrons. The molecule has 1 atom stereocenters. The summed E-state index contributed by atoms with van der Waals surface area (Å²) in [7, 11) is 0. The molecule has 1 aromatic carbocycles. The van der Waals surface area contributed by atoms with Crippen molar-refractivity contribution in [1.82, 2.24) is 4.90 Å². The average molecular weight is 297 g/mol. The minimum Gasteiger partial charge on any atom is -0.478 e. The van der Waals surface area contributed by atoms with E-state index in [-0.39, 0.29) is 5.56 Å². The molecule has 5 heteroatoms. The topological polar surface area (TPSA) is 52.6 Å². The van der Waals surface area contributed by atoms with Gasteiger partial charge in [-0.1, -0.05) is 18.5 Å². The molecule has 1 aliphatic rings. The Kier molecular flexibility index (Phi) is 5.26. The van der Waals surface area contributed by atoms with E-state index in [0.29, 0.717) is 10.9 Å². The molecule has 110 valence electrons. The van der Waals surface area contributed by atoms with E-state index in [4.69, 9.17) is 16.7 Å². The number of halogens is 1. The van der Waals surface area contributed by atoms with Crippen LogP contribution < -0.4 is 5.32 Å². The van der Waals surface area contributed by atoms with Crippen molar-refractivity contribution in [2.24, 2.45) is 5.92 Å². The lowest BCUT2D eigenvalue weighted by Gasteiger charge is -2.21. The molecule has 0 saturated carbocycles. The number of likely N-dealkylation sites (tertiary alicyclic amines) is 1. The van der Waals surface area contributed by atoms with E-state index in [9.17, 15) is 4.79 Å². The molecule has 1 unspecified atom stereocenters. The maximum atomic E-state index is 10.8. The molecule has 1 aromatic rings. The van der Waals surface area contributed by atoms with E-state index in [2.05, 4.69) is 17.1 Å². The number of hydrogen-bond donors (Lipinski definition) is 2. The lowest BCUT2D eigenvalue weighted by atomic mass is 10.1. The summed E-state index contributed by atoms with van der Waals surface area (Å²) < 4.78 is 0. The fourth-order valence-corrected chi connectivity index (χ4v) is 2.79. The van der Waals surface area contributed by atoms with Crippen molar-refractivity contribution in [2.45, 2.75) is 19.8 Å². The van der Waals surface area contributed by atoms with Crippen molar-refractivity contribution in [3.63, 3.8) is 0 Å². The van der Waals surface area contributed by atoms with Crippen molar-refractivity contribution < 1.29 is 9.90 Å². The summed E-state index contributed by atoms with van der Waals surface area (Å²) >= 11 is 6.09. The summed E-state index contributed by atoms with van der Waals surface area (Å²) in [4.78, 5) is 13.3. The molecule has 0 spiro atoms. The highest BCUT2D eigenvalue weighted by Crippen LogP contribution is 2.23. The number of carboxylic acid groups (broad SMARTS) is 1. The van der Waals surface area contributed by atoms with Crippen LogP contribution in [-0.4, -0.2) is 42.2 Å². The van der Waals surface area contributed by atoms with E-state index < -0.39 is 5.97 Å². The van der Waals surface area contributed by atoms with Gasteiger partial charge in [0.2, 0.25) is 0 Å². The average Bonchev–Trinajstić information content (AvgIpc) is 2.90. The van der Waals surface area contributed by atoms with Crippen LogP contribution in [0.5, 0.6) is 0 Å². The Morgan fingerprint density at radius 3 is 2.75 bits per heavy atom. The second-order valence-electron chi connectivity index (χ2n) is 5.49. The van der Waals surface area contributed by atoms with Gasteiger partial charge in [-0.3, -0.25) is 0 Å². The van der Waals surface area contributed by atoms with Crippen molar-refractivity contribution in [1.29, 1.82) is 0 Å². The van der Waals surface area contributed by atoms with Crippen molar-refractivity contribution >= 4 is 23.3 Å². The molecule has 1 heterocycles. The maximum Gasteiger partial charge on any atom is 0.335 e. The van der Waals surface area contributed by atoms with Gasteiger partial charge in [-0.25, -0.2) is 4.79 Å². The smallest absolute Gasteiger partial charge is 0.335 e. The van der Waals surface area contributed by atoms with Gasteiger partial charge in [0.1, 0.15) is 0 Å². The third kappa shape index (κ3) is 4.12. The van der Waals surface area contributed by atoms with Gasteiger partial charge in [-0.2, -0.15) is 0 Å². The van der Waals surface area contributed by atoms with Gasteiger partial charge in [-0.05, 0) is 50.0 Å². The fourth-order valence-electron chi connectivity index (χ4n) is 2.55. The summed E-state index contributed by atoms with van der Waals surface area (Å²) in [5.41, 5.74) is 1.01. The van der Waals surface area contributed by atoms with Gasteiger partial charge in [0.25, 0.3) is 0 Å². The molecule has 0 aromatic heterocycles. The van der Waals surface area contributed by atoms with Gasteiger partial charge < -0.3 is 15.3 Å². The Labute approximate surface area is 124 Å². The predicted octanol–water partition coefficient (Wildman–Crippen LogP) is 3.18. The zero-order valence-electron chi connectivity index (χ0n) is 11.7. The number of rotatable bonds is 6. The van der Waals surface area contributed by atoms with Gasteiger partial charge in [0.15, 0.2) is 0 Å². The number of aromatic carboxylic acids is 1. The van der Waals surface area contributed by atoms with Crippen molar-refractivity contribution in [3.8, 4) is 0 Å². The van der Waals surface area contributed by atoms with Gasteiger partial charge in [-0.15, -0.1) is 0 Å². The molecule has 2 N–H and O–H groups in total. The number of nitrogens with one attached hydrogen (secondary N) is 1. The van der Waals surface area contributed by atoms with Crippen LogP contribution in [0.4, 0.5) is 5.69 Å². The van der Waals surface area contributed by atoms with Gasteiger partial charge in [0.05, 0.1) is 16.3 Å². The molecule has 0 bridgehead atoms. The molecular formula is C15H21ClN2O2. The van der Waals surface area contributed by atoms with E-state index in [1.807, 2.05) is 0 Å². The minimum atomic E-state index is -0.958. The summed E-state index contributed by atoms with van der Waals surface area (Å²) in [6.07, 6.45) is 2.62. The van der Waals surface area contributed by atoms with Crippen LogP contribution >= 0.6 is 11.6 Å². The number of benzene rings is 1. The summed E-state index contributed by atoms with van der Waals surface area (Å²) in [5, 5.41) is 12.7. The molecule has 1 aliphatic heterocycles. The Morgan fingerprint density at radius 1 is 1.45 bits per heavy atom. The third-order valence-electron chi connectivity index (χ3n) is 3.63. The van der Waals surface area contributed by atoms with E-state index in [1.54, 1.807) is 12.1 Å². The number of nitrogens with zero attached hydrogens (tertiary/aromatic N) is 1. The first kappa shape index (κ1) is 15.1. The Balaban J connectivity index is 1.85. The third-order valence-corrected chi connectivity index (χ3v) is 3.94. The standard InChI is InChI=1S/C15H21ClN2O2/c1-11(10-18-6-2-3-7-18)9-17-14-5-4-12(15(19)20)8-13(14)16/h4-5,8,11,17H,2-3,6-7,9-10H2,1H3,(H,19,20). The van der Waals surface area contributed by atoms with Crippen molar-refractivity contribution in [3.05, 3.63) is 28.8 Å². The highest BCUT2D eigenvalue weighted by molar-refractivity contribution is 6.33. The molecule has 1 saturated heterocycles. The molecule has 1 fully saturated rings. The van der Waals surface area contributed by atoms with E-state index in [1.165, 1.54) is 32.0 Å². The first-order valence-corrected chi connectivity index (χ1v) is 7.43. The van der Waals surface area contributed by atoms with Gasteiger partial charge in [0, 0.05) is 13.1 Å². The highest BCUT2D eigenvalue weighted by atomic mass is 35.5. The van der Waals surface area contributed by atoms with E-state index in [0.717, 1.165) is 18.8 Å². The van der Waals surface area contributed by atoms with Crippen LogP contribution in [0.25, 0.3) is 0 Å². The second-order valence-corrected chi connectivity index (χ2v) is 5.90. The van der Waals surface area contributed by atoms with Crippen LogP contribution in [0.1, 0.15) is 30.1 Å². The fraction of sp³-hybridized carbons (Fsp3) is 0.533. The number of hydrogen-bond acceptors (Lipinski definition) is 3. The SMILES string of the molecule is CC(CNc1ccc(C(=O)O)cc1Cl)CN1CCCC1. The van der Waals surface area contributed by atoms with E-state index >= 15 is 0 Å². The highest BCUT2D eigenvalue weighted by Gasteiger charge is 2.15. The minimum absolute atomic E-state index is 0.214. The zero-order valence-corrected chi connectivity index (χ0v) is 12.5.